The first-order chi connectivity index (χ1) is 8.90. The van der Waals surface area contributed by atoms with Gasteiger partial charge in [-0.05, 0) is 31.5 Å². The third-order valence-electron chi connectivity index (χ3n) is 3.01. The van der Waals surface area contributed by atoms with Gasteiger partial charge in [-0.1, -0.05) is 29.3 Å². The molecule has 1 heterocycles. The van der Waals surface area contributed by atoms with Crippen LogP contribution < -0.4 is 0 Å². The van der Waals surface area contributed by atoms with Crippen molar-refractivity contribution >= 4 is 29.0 Å². The van der Waals surface area contributed by atoms with Crippen molar-refractivity contribution in [1.29, 1.82) is 0 Å². The minimum atomic E-state index is -0.0603. The first-order valence-corrected chi connectivity index (χ1v) is 6.63. The minimum absolute atomic E-state index is 0.0603. The average molecular weight is 297 g/mol. The second kappa shape index (κ2) is 5.35. The number of carbonyl (C=O) groups excluding carboxylic acids is 1. The Labute approximate surface area is 122 Å². The Bertz CT molecular complexity index is 647. The summed E-state index contributed by atoms with van der Waals surface area (Å²) >= 11 is 12.2. The van der Waals surface area contributed by atoms with Crippen molar-refractivity contribution in [2.75, 3.05) is 0 Å². The molecule has 0 spiro atoms. The number of Topliss-reactive ketones (excluding diaryl/α,β-unsaturated/α-hetero) is 1. The van der Waals surface area contributed by atoms with E-state index in [1.54, 1.807) is 23.9 Å². The summed E-state index contributed by atoms with van der Waals surface area (Å²) < 4.78 is 1.64. The first kappa shape index (κ1) is 14.1. The molecule has 0 N–H and O–H groups in total. The fourth-order valence-electron chi connectivity index (χ4n) is 1.97. The van der Waals surface area contributed by atoms with E-state index in [9.17, 15) is 4.79 Å². The standard InChI is InChI=1S/C14H14Cl2N2O/c1-8-4-5-10(11(15)6-8)13(19)7-12-14(16)9(2)17-18(12)3/h4-6H,7H2,1-3H3. The highest BCUT2D eigenvalue weighted by Gasteiger charge is 2.17. The van der Waals surface area contributed by atoms with E-state index in [-0.39, 0.29) is 12.2 Å². The maximum atomic E-state index is 12.3. The maximum Gasteiger partial charge on any atom is 0.170 e. The molecule has 0 aliphatic heterocycles. The maximum absolute atomic E-state index is 12.3. The third-order valence-corrected chi connectivity index (χ3v) is 3.82. The molecule has 19 heavy (non-hydrogen) atoms. The van der Waals surface area contributed by atoms with Crippen LogP contribution in [-0.4, -0.2) is 15.6 Å². The molecule has 1 aromatic carbocycles. The molecule has 0 saturated carbocycles. The molecule has 0 saturated heterocycles. The fraction of sp³-hybridized carbons (Fsp3) is 0.286. The molecule has 2 aromatic rings. The number of hydrogen-bond donors (Lipinski definition) is 0. The van der Waals surface area contributed by atoms with Gasteiger partial charge in [0.15, 0.2) is 5.78 Å². The summed E-state index contributed by atoms with van der Waals surface area (Å²) in [6, 6.07) is 5.40. The molecular weight excluding hydrogens is 283 g/mol. The molecule has 0 aliphatic rings. The summed E-state index contributed by atoms with van der Waals surface area (Å²) in [7, 11) is 1.78. The fourth-order valence-corrected chi connectivity index (χ4v) is 2.53. The summed E-state index contributed by atoms with van der Waals surface area (Å²) in [4.78, 5) is 12.3. The molecule has 0 radical (unpaired) electrons. The van der Waals surface area contributed by atoms with Crippen LogP contribution in [0.3, 0.4) is 0 Å². The Morgan fingerprint density at radius 2 is 2.00 bits per heavy atom. The van der Waals surface area contributed by atoms with Crippen LogP contribution in [0.4, 0.5) is 0 Å². The van der Waals surface area contributed by atoms with Crippen LogP contribution in [0.25, 0.3) is 0 Å². The zero-order valence-corrected chi connectivity index (χ0v) is 12.5. The third kappa shape index (κ3) is 2.82. The van der Waals surface area contributed by atoms with Gasteiger partial charge in [0.05, 0.1) is 27.9 Å². The van der Waals surface area contributed by atoms with Crippen LogP contribution in [0.2, 0.25) is 10.0 Å². The zero-order valence-electron chi connectivity index (χ0n) is 11.0. The van der Waals surface area contributed by atoms with Gasteiger partial charge in [-0.3, -0.25) is 9.48 Å². The van der Waals surface area contributed by atoms with Gasteiger partial charge in [0.2, 0.25) is 0 Å². The van der Waals surface area contributed by atoms with Crippen molar-refractivity contribution in [2.24, 2.45) is 7.05 Å². The number of aryl methyl sites for hydroxylation is 3. The highest BCUT2D eigenvalue weighted by Crippen LogP contribution is 2.23. The topological polar surface area (TPSA) is 34.9 Å². The van der Waals surface area contributed by atoms with E-state index in [1.165, 1.54) is 0 Å². The quantitative estimate of drug-likeness (QED) is 0.808. The van der Waals surface area contributed by atoms with Crippen molar-refractivity contribution in [3.63, 3.8) is 0 Å². The van der Waals surface area contributed by atoms with Crippen LogP contribution in [0, 0.1) is 13.8 Å². The lowest BCUT2D eigenvalue weighted by molar-refractivity contribution is 0.0991. The van der Waals surface area contributed by atoms with Crippen molar-refractivity contribution in [3.05, 3.63) is 50.8 Å². The molecule has 0 bridgehead atoms. The van der Waals surface area contributed by atoms with Crippen molar-refractivity contribution in [2.45, 2.75) is 20.3 Å². The first-order valence-electron chi connectivity index (χ1n) is 5.87. The molecule has 100 valence electrons. The molecule has 3 nitrogen and oxygen atoms in total. The Morgan fingerprint density at radius 3 is 2.53 bits per heavy atom. The van der Waals surface area contributed by atoms with Crippen LogP contribution in [0.5, 0.6) is 0 Å². The number of nitrogens with zero attached hydrogens (tertiary/aromatic N) is 2. The second-order valence-corrected chi connectivity index (χ2v) is 5.34. The minimum Gasteiger partial charge on any atom is -0.294 e. The van der Waals surface area contributed by atoms with Gasteiger partial charge in [-0.2, -0.15) is 5.10 Å². The lowest BCUT2D eigenvalue weighted by Gasteiger charge is -2.05. The van der Waals surface area contributed by atoms with Crippen molar-refractivity contribution in [1.82, 2.24) is 9.78 Å². The Balaban J connectivity index is 2.31. The summed E-state index contributed by atoms with van der Waals surface area (Å²) in [5.41, 5.74) is 2.97. The average Bonchev–Trinajstić information content (AvgIpc) is 2.56. The molecule has 2 rings (SSSR count). The van der Waals surface area contributed by atoms with Gasteiger partial charge in [0, 0.05) is 12.6 Å². The number of rotatable bonds is 3. The molecule has 0 atom stereocenters. The van der Waals surface area contributed by atoms with Crippen LogP contribution in [0.15, 0.2) is 18.2 Å². The molecule has 0 unspecified atom stereocenters. The normalized spacial score (nSPS) is 10.8. The van der Waals surface area contributed by atoms with Gasteiger partial charge >= 0.3 is 0 Å². The van der Waals surface area contributed by atoms with Gasteiger partial charge in [-0.25, -0.2) is 0 Å². The number of carbonyl (C=O) groups is 1. The summed E-state index contributed by atoms with van der Waals surface area (Å²) in [5, 5.41) is 5.21. The van der Waals surface area contributed by atoms with E-state index in [1.807, 2.05) is 19.9 Å². The van der Waals surface area contributed by atoms with Crippen LogP contribution >= 0.6 is 23.2 Å². The lowest BCUT2D eigenvalue weighted by Crippen LogP contribution is -2.09. The predicted octanol–water partition coefficient (Wildman–Crippen LogP) is 3.77. The van der Waals surface area contributed by atoms with E-state index in [4.69, 9.17) is 23.2 Å². The summed E-state index contributed by atoms with van der Waals surface area (Å²) in [5.74, 6) is -0.0603. The van der Waals surface area contributed by atoms with Crippen molar-refractivity contribution < 1.29 is 4.79 Å². The molecular formula is C14H14Cl2N2O. The van der Waals surface area contributed by atoms with E-state index < -0.39 is 0 Å². The van der Waals surface area contributed by atoms with Gasteiger partial charge in [0.25, 0.3) is 0 Å². The van der Waals surface area contributed by atoms with Crippen LogP contribution in [0.1, 0.15) is 27.3 Å². The van der Waals surface area contributed by atoms with E-state index >= 15 is 0 Å². The second-order valence-electron chi connectivity index (χ2n) is 4.55. The monoisotopic (exact) mass is 296 g/mol. The van der Waals surface area contributed by atoms with Crippen molar-refractivity contribution in [3.8, 4) is 0 Å². The molecule has 0 aliphatic carbocycles. The smallest absolute Gasteiger partial charge is 0.170 e. The predicted molar refractivity (Wildman–Crippen MR) is 77.2 cm³/mol. The summed E-state index contributed by atoms with van der Waals surface area (Å²) in [6.45, 7) is 3.75. The van der Waals surface area contributed by atoms with E-state index in [0.717, 1.165) is 11.3 Å². The summed E-state index contributed by atoms with van der Waals surface area (Å²) in [6.07, 6.45) is 0.193. The molecule has 0 fully saturated rings. The number of hydrogen-bond acceptors (Lipinski definition) is 2. The number of ketones is 1. The van der Waals surface area contributed by atoms with E-state index in [2.05, 4.69) is 5.10 Å². The SMILES string of the molecule is Cc1ccc(C(=O)Cc2c(Cl)c(C)nn2C)c(Cl)c1. The lowest BCUT2D eigenvalue weighted by atomic mass is 10.0. The largest absolute Gasteiger partial charge is 0.294 e. The van der Waals surface area contributed by atoms with Gasteiger partial charge in [0.1, 0.15) is 0 Å². The Kier molecular flexibility index (Phi) is 3.97. The molecule has 5 heteroatoms. The van der Waals surface area contributed by atoms with E-state index in [0.29, 0.717) is 21.3 Å². The Morgan fingerprint density at radius 1 is 1.32 bits per heavy atom. The molecule has 1 aromatic heterocycles. The number of aromatic nitrogens is 2. The van der Waals surface area contributed by atoms with Gasteiger partial charge in [-0.15, -0.1) is 0 Å². The Hall–Kier alpha value is -1.32. The highest BCUT2D eigenvalue weighted by molar-refractivity contribution is 6.34. The van der Waals surface area contributed by atoms with Crippen LogP contribution in [-0.2, 0) is 13.5 Å². The zero-order chi connectivity index (χ0) is 14.2. The molecule has 0 amide bonds. The van der Waals surface area contributed by atoms with Gasteiger partial charge < -0.3 is 0 Å². The number of benzene rings is 1. The highest BCUT2D eigenvalue weighted by atomic mass is 35.5. The number of halogens is 2.